The third kappa shape index (κ3) is 3.01. The van der Waals surface area contributed by atoms with Gasteiger partial charge in [0, 0.05) is 17.4 Å². The quantitative estimate of drug-likeness (QED) is 0.914. The van der Waals surface area contributed by atoms with Crippen molar-refractivity contribution in [2.45, 2.75) is 51.5 Å². The summed E-state index contributed by atoms with van der Waals surface area (Å²) < 4.78 is 0. The number of nitrogens with two attached hydrogens (primary N) is 1. The van der Waals surface area contributed by atoms with Gasteiger partial charge in [-0.1, -0.05) is 30.3 Å². The fourth-order valence-electron chi connectivity index (χ4n) is 3.62. The van der Waals surface area contributed by atoms with Crippen molar-refractivity contribution in [3.8, 4) is 0 Å². The zero-order valence-corrected chi connectivity index (χ0v) is 13.0. The van der Waals surface area contributed by atoms with E-state index in [1.165, 1.54) is 36.0 Å². The maximum atomic E-state index is 6.49. The van der Waals surface area contributed by atoms with Gasteiger partial charge in [-0.05, 0) is 68.2 Å². The highest BCUT2D eigenvalue weighted by Crippen LogP contribution is 2.37. The van der Waals surface area contributed by atoms with Gasteiger partial charge in [-0.2, -0.15) is 0 Å². The van der Waals surface area contributed by atoms with E-state index in [1.54, 1.807) is 0 Å². The van der Waals surface area contributed by atoms with Gasteiger partial charge in [0.2, 0.25) is 0 Å². The summed E-state index contributed by atoms with van der Waals surface area (Å²) >= 11 is 0. The van der Waals surface area contributed by atoms with E-state index in [2.05, 4.69) is 48.3 Å². The molecule has 1 aromatic carbocycles. The van der Waals surface area contributed by atoms with Crippen LogP contribution in [-0.4, -0.2) is 4.98 Å². The lowest BCUT2D eigenvalue weighted by atomic mass is 9.79. The van der Waals surface area contributed by atoms with Crippen LogP contribution in [0.25, 0.3) is 0 Å². The van der Waals surface area contributed by atoms with E-state index >= 15 is 0 Å². The van der Waals surface area contributed by atoms with Crippen molar-refractivity contribution in [1.82, 2.24) is 4.98 Å². The zero-order chi connectivity index (χ0) is 14.8. The molecule has 21 heavy (non-hydrogen) atoms. The predicted molar refractivity (Wildman–Crippen MR) is 87.4 cm³/mol. The van der Waals surface area contributed by atoms with Crippen LogP contribution in [-0.2, 0) is 6.42 Å². The van der Waals surface area contributed by atoms with Crippen LogP contribution in [0.3, 0.4) is 0 Å². The predicted octanol–water partition coefficient (Wildman–Crippen LogP) is 4.21. The molecule has 3 rings (SSSR count). The molecular weight excluding hydrogens is 256 g/mol. The third-order valence-corrected chi connectivity index (χ3v) is 4.70. The molecule has 2 heteroatoms. The molecule has 2 nitrogen and oxygen atoms in total. The Morgan fingerprint density at radius 2 is 2.00 bits per heavy atom. The number of rotatable bonds is 3. The molecule has 1 aliphatic carbocycles. The summed E-state index contributed by atoms with van der Waals surface area (Å²) in [5.41, 5.74) is 12.9. The lowest BCUT2D eigenvalue weighted by molar-refractivity contribution is 0.475. The summed E-state index contributed by atoms with van der Waals surface area (Å²) in [6.07, 6.45) is 4.76. The van der Waals surface area contributed by atoms with Gasteiger partial charge in [-0.25, -0.2) is 0 Å². The largest absolute Gasteiger partial charge is 0.324 e. The van der Waals surface area contributed by atoms with Gasteiger partial charge in [0.25, 0.3) is 0 Å². The number of hydrogen-bond donors (Lipinski definition) is 1. The maximum Gasteiger partial charge on any atom is 0.0423 e. The summed E-state index contributed by atoms with van der Waals surface area (Å²) in [5, 5.41) is 0. The number of aromatic nitrogens is 1. The second-order valence-corrected chi connectivity index (χ2v) is 6.26. The Bertz CT molecular complexity index is 633. The van der Waals surface area contributed by atoms with Crippen LogP contribution in [0.4, 0.5) is 0 Å². The summed E-state index contributed by atoms with van der Waals surface area (Å²) in [4.78, 5) is 4.55. The fraction of sp³-hybridized carbons (Fsp3) is 0.421. The molecular formula is C19H24N2. The van der Waals surface area contributed by atoms with E-state index in [9.17, 15) is 0 Å². The molecule has 0 aliphatic heterocycles. The minimum absolute atomic E-state index is 0.0780. The van der Waals surface area contributed by atoms with Gasteiger partial charge in [-0.15, -0.1) is 0 Å². The van der Waals surface area contributed by atoms with Gasteiger partial charge in [0.05, 0.1) is 0 Å². The first-order valence-corrected chi connectivity index (χ1v) is 7.92. The molecule has 110 valence electrons. The molecule has 2 aromatic rings. The molecule has 0 bridgehead atoms. The average molecular weight is 280 g/mol. The third-order valence-electron chi connectivity index (χ3n) is 4.70. The van der Waals surface area contributed by atoms with E-state index in [-0.39, 0.29) is 6.04 Å². The van der Waals surface area contributed by atoms with E-state index in [1.807, 2.05) is 6.92 Å². The summed E-state index contributed by atoms with van der Waals surface area (Å²) in [5.74, 6) is 0.589. The molecule has 2 unspecified atom stereocenters. The monoisotopic (exact) mass is 280 g/mol. The van der Waals surface area contributed by atoms with Gasteiger partial charge in [0.1, 0.15) is 0 Å². The number of fused-ring (bicyclic) bond motifs is 1. The maximum absolute atomic E-state index is 6.49. The van der Waals surface area contributed by atoms with Crippen LogP contribution in [0.15, 0.2) is 36.4 Å². The van der Waals surface area contributed by atoms with E-state index < -0.39 is 0 Å². The SMILES string of the molecule is Cc1ccc(C(N)CC2CCCc3ccccc32)c(C)n1. The fourth-order valence-corrected chi connectivity index (χ4v) is 3.62. The lowest BCUT2D eigenvalue weighted by Crippen LogP contribution is -2.19. The number of pyridine rings is 1. The lowest BCUT2D eigenvalue weighted by Gasteiger charge is -2.28. The van der Waals surface area contributed by atoms with Gasteiger partial charge >= 0.3 is 0 Å². The van der Waals surface area contributed by atoms with Gasteiger partial charge in [-0.3, -0.25) is 4.98 Å². The van der Waals surface area contributed by atoms with Crippen molar-refractivity contribution in [3.05, 3.63) is 64.5 Å². The average Bonchev–Trinajstić information content (AvgIpc) is 2.47. The van der Waals surface area contributed by atoms with Crippen molar-refractivity contribution < 1.29 is 0 Å². The Morgan fingerprint density at radius 3 is 2.81 bits per heavy atom. The Kier molecular flexibility index (Phi) is 4.07. The Balaban J connectivity index is 1.81. The van der Waals surface area contributed by atoms with Crippen LogP contribution < -0.4 is 5.73 Å². The molecule has 1 aromatic heterocycles. The Labute approximate surface area is 127 Å². The number of nitrogens with zero attached hydrogens (tertiary/aromatic N) is 1. The molecule has 0 saturated carbocycles. The molecule has 0 spiro atoms. The van der Waals surface area contributed by atoms with Crippen LogP contribution in [0, 0.1) is 13.8 Å². The van der Waals surface area contributed by atoms with Gasteiger partial charge in [0.15, 0.2) is 0 Å². The first-order valence-electron chi connectivity index (χ1n) is 7.92. The van der Waals surface area contributed by atoms with Crippen molar-refractivity contribution in [3.63, 3.8) is 0 Å². The highest BCUT2D eigenvalue weighted by molar-refractivity contribution is 5.33. The second-order valence-electron chi connectivity index (χ2n) is 6.26. The van der Waals surface area contributed by atoms with Crippen LogP contribution >= 0.6 is 0 Å². The standard InChI is InChI=1S/C19H24N2/c1-13-10-11-17(14(2)21-13)19(20)12-16-8-5-7-15-6-3-4-9-18(15)16/h3-4,6,9-11,16,19H,5,7-8,12,20H2,1-2H3. The highest BCUT2D eigenvalue weighted by atomic mass is 14.7. The molecule has 2 N–H and O–H groups in total. The van der Waals surface area contributed by atoms with Crippen molar-refractivity contribution in [1.29, 1.82) is 0 Å². The summed E-state index contributed by atoms with van der Waals surface area (Å²) in [7, 11) is 0. The first-order chi connectivity index (χ1) is 10.1. The normalized spacial score (nSPS) is 19.1. The molecule has 1 aliphatic rings. The Hall–Kier alpha value is -1.67. The minimum atomic E-state index is 0.0780. The molecule has 0 fully saturated rings. The van der Waals surface area contributed by atoms with E-state index in [0.717, 1.165) is 17.8 Å². The van der Waals surface area contributed by atoms with Crippen molar-refractivity contribution >= 4 is 0 Å². The topological polar surface area (TPSA) is 38.9 Å². The highest BCUT2D eigenvalue weighted by Gasteiger charge is 2.23. The van der Waals surface area contributed by atoms with Crippen LogP contribution in [0.1, 0.15) is 59.3 Å². The van der Waals surface area contributed by atoms with Crippen molar-refractivity contribution in [2.24, 2.45) is 5.73 Å². The molecule has 0 radical (unpaired) electrons. The summed E-state index contributed by atoms with van der Waals surface area (Å²) in [6, 6.07) is 13.1. The second kappa shape index (κ2) is 5.98. The van der Waals surface area contributed by atoms with Crippen LogP contribution in [0.2, 0.25) is 0 Å². The first kappa shape index (κ1) is 14.3. The molecule has 0 amide bonds. The molecule has 0 saturated heterocycles. The van der Waals surface area contributed by atoms with Crippen molar-refractivity contribution in [2.75, 3.05) is 0 Å². The number of hydrogen-bond acceptors (Lipinski definition) is 2. The summed E-state index contributed by atoms with van der Waals surface area (Å²) in [6.45, 7) is 4.09. The van der Waals surface area contributed by atoms with E-state index in [0.29, 0.717) is 5.92 Å². The van der Waals surface area contributed by atoms with Gasteiger partial charge < -0.3 is 5.73 Å². The molecule has 2 atom stereocenters. The minimum Gasteiger partial charge on any atom is -0.324 e. The number of benzene rings is 1. The number of aryl methyl sites for hydroxylation is 3. The van der Waals surface area contributed by atoms with Crippen LogP contribution in [0.5, 0.6) is 0 Å². The van der Waals surface area contributed by atoms with E-state index in [4.69, 9.17) is 5.73 Å². The molecule has 1 heterocycles. The zero-order valence-electron chi connectivity index (χ0n) is 13.0. The smallest absolute Gasteiger partial charge is 0.0423 e. The Morgan fingerprint density at radius 1 is 1.19 bits per heavy atom.